The third-order valence-corrected chi connectivity index (χ3v) is 2.27. The lowest BCUT2D eigenvalue weighted by Gasteiger charge is -1.95. The third kappa shape index (κ3) is 3.74. The second-order valence-electron chi connectivity index (χ2n) is 2.43. The minimum Gasteiger partial charge on any atom is -0.381 e. The standard InChI is InChI=1S/C6H9ClO3S/c7-11(8,9)4-2-6-1-3-10-5-6/h2,4,6H,1,3,5H2/b4-2-. The third-order valence-electron chi connectivity index (χ3n) is 1.48. The van der Waals surface area contributed by atoms with Gasteiger partial charge in [-0.1, -0.05) is 6.08 Å². The maximum atomic E-state index is 10.4. The Kier molecular flexibility index (Phi) is 2.92. The SMILES string of the molecule is O=S(=O)(Cl)/C=C\C1CCOC1. The lowest BCUT2D eigenvalue weighted by Crippen LogP contribution is -1.94. The van der Waals surface area contributed by atoms with Crippen LogP contribution in [0, 0.1) is 5.92 Å². The molecule has 0 amide bonds. The Morgan fingerprint density at radius 1 is 1.55 bits per heavy atom. The number of hydrogen-bond acceptors (Lipinski definition) is 3. The molecule has 0 N–H and O–H groups in total. The zero-order valence-electron chi connectivity index (χ0n) is 5.86. The van der Waals surface area contributed by atoms with E-state index in [0.717, 1.165) is 11.8 Å². The van der Waals surface area contributed by atoms with Crippen LogP contribution in [0.1, 0.15) is 6.42 Å². The second-order valence-corrected chi connectivity index (χ2v) is 4.94. The van der Waals surface area contributed by atoms with Crippen molar-refractivity contribution in [2.45, 2.75) is 6.42 Å². The van der Waals surface area contributed by atoms with E-state index in [9.17, 15) is 8.42 Å². The van der Waals surface area contributed by atoms with Crippen molar-refractivity contribution < 1.29 is 13.2 Å². The van der Waals surface area contributed by atoms with Crippen LogP contribution in [0.3, 0.4) is 0 Å². The second kappa shape index (κ2) is 3.56. The van der Waals surface area contributed by atoms with E-state index in [2.05, 4.69) is 0 Å². The molecule has 1 heterocycles. The molecule has 0 aromatic rings. The molecular formula is C6H9ClO3S. The minimum atomic E-state index is -3.48. The molecule has 1 atom stereocenters. The number of rotatable bonds is 2. The molecule has 0 aromatic heterocycles. The Labute approximate surface area is 70.4 Å². The van der Waals surface area contributed by atoms with Gasteiger partial charge in [0.15, 0.2) is 0 Å². The fourth-order valence-electron chi connectivity index (χ4n) is 0.909. The summed E-state index contributed by atoms with van der Waals surface area (Å²) in [7, 11) is 1.48. The zero-order valence-corrected chi connectivity index (χ0v) is 7.44. The molecule has 0 spiro atoms. The molecule has 1 rings (SSSR count). The van der Waals surface area contributed by atoms with Crippen molar-refractivity contribution in [3.63, 3.8) is 0 Å². The highest BCUT2D eigenvalue weighted by Crippen LogP contribution is 2.14. The van der Waals surface area contributed by atoms with Gasteiger partial charge >= 0.3 is 0 Å². The van der Waals surface area contributed by atoms with E-state index in [-0.39, 0.29) is 5.92 Å². The van der Waals surface area contributed by atoms with E-state index in [1.165, 1.54) is 0 Å². The van der Waals surface area contributed by atoms with Gasteiger partial charge in [0.05, 0.1) is 6.61 Å². The highest BCUT2D eigenvalue weighted by atomic mass is 35.7. The van der Waals surface area contributed by atoms with Gasteiger partial charge in [-0.15, -0.1) is 0 Å². The first-order valence-corrected chi connectivity index (χ1v) is 5.66. The quantitative estimate of drug-likeness (QED) is 0.622. The van der Waals surface area contributed by atoms with Gasteiger partial charge in [-0.25, -0.2) is 8.42 Å². The van der Waals surface area contributed by atoms with Crippen molar-refractivity contribution in [3.8, 4) is 0 Å². The summed E-state index contributed by atoms with van der Waals surface area (Å²) in [6, 6.07) is 0. The van der Waals surface area contributed by atoms with Crippen LogP contribution in [0.4, 0.5) is 0 Å². The van der Waals surface area contributed by atoms with Gasteiger partial charge < -0.3 is 4.74 Å². The summed E-state index contributed by atoms with van der Waals surface area (Å²) in [5, 5.41) is 1.02. The molecule has 1 aliphatic heterocycles. The predicted octanol–water partition coefficient (Wildman–Crippen LogP) is 1.11. The van der Waals surface area contributed by atoms with Crippen LogP contribution < -0.4 is 0 Å². The molecule has 0 radical (unpaired) electrons. The lowest BCUT2D eigenvalue weighted by molar-refractivity contribution is 0.191. The van der Waals surface area contributed by atoms with Crippen molar-refractivity contribution in [2.24, 2.45) is 5.92 Å². The number of hydrogen-bond donors (Lipinski definition) is 0. The number of ether oxygens (including phenoxy) is 1. The van der Waals surface area contributed by atoms with Crippen molar-refractivity contribution in [1.82, 2.24) is 0 Å². The van der Waals surface area contributed by atoms with Crippen molar-refractivity contribution >= 4 is 19.7 Å². The van der Waals surface area contributed by atoms with E-state index < -0.39 is 9.05 Å². The molecular weight excluding hydrogens is 188 g/mol. The summed E-state index contributed by atoms with van der Waals surface area (Å²) >= 11 is 0. The maximum Gasteiger partial charge on any atom is 0.254 e. The molecule has 5 heteroatoms. The van der Waals surface area contributed by atoms with E-state index in [1.807, 2.05) is 0 Å². The highest BCUT2D eigenvalue weighted by Gasteiger charge is 2.12. The Bertz CT molecular complexity index is 239. The molecule has 0 saturated carbocycles. The fourth-order valence-corrected chi connectivity index (χ4v) is 1.50. The molecule has 11 heavy (non-hydrogen) atoms. The molecule has 3 nitrogen and oxygen atoms in total. The molecule has 0 bridgehead atoms. The largest absolute Gasteiger partial charge is 0.381 e. The monoisotopic (exact) mass is 196 g/mol. The van der Waals surface area contributed by atoms with Gasteiger partial charge in [0.25, 0.3) is 9.05 Å². The van der Waals surface area contributed by atoms with Gasteiger partial charge in [0, 0.05) is 28.6 Å². The summed E-state index contributed by atoms with van der Waals surface area (Å²) < 4.78 is 25.9. The van der Waals surface area contributed by atoms with Crippen molar-refractivity contribution in [3.05, 3.63) is 11.5 Å². The smallest absolute Gasteiger partial charge is 0.254 e. The molecule has 1 saturated heterocycles. The Hall–Kier alpha value is -0.0600. The molecule has 1 fully saturated rings. The molecule has 1 aliphatic rings. The van der Waals surface area contributed by atoms with Crippen molar-refractivity contribution in [1.29, 1.82) is 0 Å². The summed E-state index contributed by atoms with van der Waals surface area (Å²) in [5.74, 6) is 0.212. The van der Waals surface area contributed by atoms with Crippen molar-refractivity contribution in [2.75, 3.05) is 13.2 Å². The first kappa shape index (κ1) is 9.03. The van der Waals surface area contributed by atoms with Gasteiger partial charge in [-0.3, -0.25) is 0 Å². The average molecular weight is 197 g/mol. The van der Waals surface area contributed by atoms with E-state index in [1.54, 1.807) is 6.08 Å². The Morgan fingerprint density at radius 3 is 2.73 bits per heavy atom. The summed E-state index contributed by atoms with van der Waals surface area (Å²) in [4.78, 5) is 0. The van der Waals surface area contributed by atoms with Gasteiger partial charge in [-0.05, 0) is 6.42 Å². The molecule has 0 aliphatic carbocycles. The number of halogens is 1. The molecule has 0 aromatic carbocycles. The summed E-state index contributed by atoms with van der Waals surface area (Å²) in [6.07, 6.45) is 2.46. The Balaban J connectivity index is 2.47. The predicted molar refractivity (Wildman–Crippen MR) is 42.8 cm³/mol. The fraction of sp³-hybridized carbons (Fsp3) is 0.667. The van der Waals surface area contributed by atoms with E-state index in [4.69, 9.17) is 15.4 Å². The van der Waals surface area contributed by atoms with E-state index in [0.29, 0.717) is 13.2 Å². The lowest BCUT2D eigenvalue weighted by atomic mass is 10.1. The topological polar surface area (TPSA) is 43.4 Å². The van der Waals surface area contributed by atoms with E-state index >= 15 is 0 Å². The van der Waals surface area contributed by atoms with Gasteiger partial charge in [0.2, 0.25) is 0 Å². The molecule has 64 valence electrons. The zero-order chi connectivity index (χ0) is 8.32. The minimum absolute atomic E-state index is 0.212. The molecule has 1 unspecified atom stereocenters. The van der Waals surface area contributed by atoms with Crippen LogP contribution in [0.2, 0.25) is 0 Å². The normalized spacial score (nSPS) is 26.5. The van der Waals surface area contributed by atoms with Crippen LogP contribution in [0.15, 0.2) is 11.5 Å². The summed E-state index contributed by atoms with van der Waals surface area (Å²) in [6.45, 7) is 1.31. The van der Waals surface area contributed by atoms with Crippen LogP contribution in [-0.2, 0) is 13.8 Å². The van der Waals surface area contributed by atoms with Crippen LogP contribution >= 0.6 is 10.7 Å². The first-order chi connectivity index (χ1) is 5.08. The van der Waals surface area contributed by atoms with Crippen LogP contribution in [0.5, 0.6) is 0 Å². The maximum absolute atomic E-state index is 10.4. The van der Waals surface area contributed by atoms with Crippen LogP contribution in [0.25, 0.3) is 0 Å². The Morgan fingerprint density at radius 2 is 2.27 bits per heavy atom. The average Bonchev–Trinajstić information content (AvgIpc) is 2.32. The van der Waals surface area contributed by atoms with Gasteiger partial charge in [0.1, 0.15) is 0 Å². The van der Waals surface area contributed by atoms with Gasteiger partial charge in [-0.2, -0.15) is 0 Å². The highest BCUT2D eigenvalue weighted by molar-refractivity contribution is 8.16. The van der Waals surface area contributed by atoms with Crippen LogP contribution in [-0.4, -0.2) is 21.6 Å². The first-order valence-electron chi connectivity index (χ1n) is 3.28. The summed E-state index contributed by atoms with van der Waals surface area (Å²) in [5.41, 5.74) is 0.